The minimum absolute atomic E-state index is 0.111. The van der Waals surface area contributed by atoms with Crippen molar-refractivity contribution in [2.75, 3.05) is 39.0 Å². The van der Waals surface area contributed by atoms with E-state index in [1.165, 1.54) is 15.4 Å². The fourth-order valence-corrected chi connectivity index (χ4v) is 3.53. The van der Waals surface area contributed by atoms with Crippen molar-refractivity contribution in [3.05, 3.63) is 28.8 Å². The summed E-state index contributed by atoms with van der Waals surface area (Å²) in [6.07, 6.45) is 2.16. The van der Waals surface area contributed by atoms with E-state index in [-0.39, 0.29) is 11.9 Å². The summed E-state index contributed by atoms with van der Waals surface area (Å²) in [6, 6.07) is 4.38. The summed E-state index contributed by atoms with van der Waals surface area (Å²) >= 11 is 0. The highest BCUT2D eigenvalue weighted by Gasteiger charge is 2.35. The summed E-state index contributed by atoms with van der Waals surface area (Å²) in [5.74, 6) is 0.191. The Balaban J connectivity index is 2.05. The van der Waals surface area contributed by atoms with Crippen LogP contribution in [-0.2, 0) is 4.79 Å². The molecule has 3 N–H and O–H groups in total. The van der Waals surface area contributed by atoms with Gasteiger partial charge in [-0.1, -0.05) is 17.7 Å². The predicted octanol–water partition coefficient (Wildman–Crippen LogP) is -0.258. The largest absolute Gasteiger partial charge is 0.335 e. The normalized spacial score (nSPS) is 21.4. The van der Waals surface area contributed by atoms with Gasteiger partial charge in [-0.3, -0.25) is 4.79 Å². The van der Waals surface area contributed by atoms with Crippen LogP contribution in [0, 0.1) is 20.8 Å². The number of hydrogen-bond donors (Lipinski definition) is 3. The van der Waals surface area contributed by atoms with E-state index in [4.69, 9.17) is 0 Å². The molecule has 0 saturated carbocycles. The van der Waals surface area contributed by atoms with Crippen LogP contribution in [0.25, 0.3) is 0 Å². The fraction of sp³-hybridized carbons (Fsp3) is 0.611. The highest BCUT2D eigenvalue weighted by molar-refractivity contribution is 5.95. The maximum Gasteiger partial charge on any atom is 0.282 e. The van der Waals surface area contributed by atoms with Gasteiger partial charge in [-0.25, -0.2) is 0 Å². The third kappa shape index (κ3) is 4.08. The SMILES string of the molecule is Cc1cc(C)c(NC(=O)C2CCC[NH+]2CC[NH+](C)C)c(C)c1. The molecule has 22 heavy (non-hydrogen) atoms. The number of nitrogens with one attached hydrogen (secondary N) is 3. The molecule has 2 unspecified atom stereocenters. The van der Waals surface area contributed by atoms with Crippen molar-refractivity contribution in [1.29, 1.82) is 0 Å². The quantitative estimate of drug-likeness (QED) is 0.689. The molecule has 0 spiro atoms. The Morgan fingerprint density at radius 1 is 1.27 bits per heavy atom. The Kier molecular flexibility index (Phi) is 5.59. The second-order valence-corrected chi connectivity index (χ2v) is 7.07. The van der Waals surface area contributed by atoms with Crippen molar-refractivity contribution < 1.29 is 14.6 Å². The zero-order chi connectivity index (χ0) is 16.3. The second-order valence-electron chi connectivity index (χ2n) is 7.07. The number of hydrogen-bond acceptors (Lipinski definition) is 1. The summed E-state index contributed by atoms with van der Waals surface area (Å²) in [4.78, 5) is 15.6. The minimum atomic E-state index is 0.111. The highest BCUT2D eigenvalue weighted by Crippen LogP contribution is 2.22. The van der Waals surface area contributed by atoms with Gasteiger partial charge in [0.25, 0.3) is 5.91 Å². The minimum Gasteiger partial charge on any atom is -0.335 e. The van der Waals surface area contributed by atoms with E-state index in [1.807, 2.05) is 0 Å². The molecular formula is C18H31N3O+2. The van der Waals surface area contributed by atoms with E-state index >= 15 is 0 Å². The summed E-state index contributed by atoms with van der Waals surface area (Å²) in [6.45, 7) is 9.55. The molecule has 2 atom stereocenters. The lowest BCUT2D eigenvalue weighted by Gasteiger charge is -2.22. The van der Waals surface area contributed by atoms with Crippen molar-refractivity contribution in [2.45, 2.75) is 39.7 Å². The van der Waals surface area contributed by atoms with E-state index < -0.39 is 0 Å². The number of quaternary nitrogens is 2. The fourth-order valence-electron chi connectivity index (χ4n) is 3.53. The number of anilines is 1. The summed E-state index contributed by atoms with van der Waals surface area (Å²) in [7, 11) is 4.34. The summed E-state index contributed by atoms with van der Waals surface area (Å²) in [5.41, 5.74) is 4.56. The van der Waals surface area contributed by atoms with Crippen LogP contribution in [0.2, 0.25) is 0 Å². The second kappa shape index (κ2) is 7.25. The third-order valence-corrected chi connectivity index (χ3v) is 4.67. The smallest absolute Gasteiger partial charge is 0.282 e. The molecule has 1 aliphatic rings. The Morgan fingerprint density at radius 2 is 1.91 bits per heavy atom. The Morgan fingerprint density at radius 3 is 2.50 bits per heavy atom. The van der Waals surface area contributed by atoms with Crippen molar-refractivity contribution >= 4 is 11.6 Å². The molecule has 1 aromatic carbocycles. The van der Waals surface area contributed by atoms with Crippen LogP contribution in [0.4, 0.5) is 5.69 Å². The van der Waals surface area contributed by atoms with Crippen molar-refractivity contribution in [3.8, 4) is 0 Å². The molecular weight excluding hydrogens is 274 g/mol. The first-order chi connectivity index (χ1) is 10.4. The Labute approximate surface area is 134 Å². The third-order valence-electron chi connectivity index (χ3n) is 4.67. The highest BCUT2D eigenvalue weighted by atomic mass is 16.2. The first kappa shape index (κ1) is 17.0. The topological polar surface area (TPSA) is 38.0 Å². The molecule has 122 valence electrons. The van der Waals surface area contributed by atoms with Gasteiger partial charge >= 0.3 is 0 Å². The van der Waals surface area contributed by atoms with Gasteiger partial charge in [-0.15, -0.1) is 0 Å². The molecule has 2 rings (SSSR count). The van der Waals surface area contributed by atoms with Crippen molar-refractivity contribution in [1.82, 2.24) is 0 Å². The van der Waals surface area contributed by atoms with Gasteiger partial charge in [0.2, 0.25) is 0 Å². The average Bonchev–Trinajstić information content (AvgIpc) is 2.88. The van der Waals surface area contributed by atoms with Crippen LogP contribution in [-0.4, -0.2) is 45.7 Å². The van der Waals surface area contributed by atoms with Gasteiger partial charge < -0.3 is 15.1 Å². The van der Waals surface area contributed by atoms with Gasteiger partial charge in [0.1, 0.15) is 13.1 Å². The summed E-state index contributed by atoms with van der Waals surface area (Å²) in [5, 5.41) is 3.20. The molecule has 0 radical (unpaired) electrons. The average molecular weight is 305 g/mol. The van der Waals surface area contributed by atoms with Gasteiger partial charge in [-0.2, -0.15) is 0 Å². The molecule has 4 heteroatoms. The van der Waals surface area contributed by atoms with Gasteiger partial charge in [-0.05, 0) is 31.9 Å². The first-order valence-electron chi connectivity index (χ1n) is 8.41. The van der Waals surface area contributed by atoms with Gasteiger partial charge in [0.05, 0.1) is 20.6 Å². The van der Waals surface area contributed by atoms with E-state index in [0.29, 0.717) is 0 Å². The lowest BCUT2D eigenvalue weighted by atomic mass is 10.0. The molecule has 1 saturated heterocycles. The van der Waals surface area contributed by atoms with Crippen LogP contribution in [0.15, 0.2) is 12.1 Å². The number of amides is 1. The number of likely N-dealkylation sites (N-methyl/N-ethyl adjacent to an activating group) is 1. The summed E-state index contributed by atoms with van der Waals surface area (Å²) < 4.78 is 0. The number of aryl methyl sites for hydroxylation is 3. The van der Waals surface area contributed by atoms with Crippen molar-refractivity contribution in [2.24, 2.45) is 0 Å². The standard InChI is InChI=1S/C18H29N3O/c1-13-11-14(2)17(15(3)12-13)19-18(22)16-7-6-8-21(16)10-9-20(4)5/h11-12,16H,6-10H2,1-5H3,(H,19,22)/p+2. The molecule has 1 fully saturated rings. The number of benzene rings is 1. The van der Waals surface area contributed by atoms with Crippen LogP contribution in [0.1, 0.15) is 29.5 Å². The molecule has 1 heterocycles. The van der Waals surface area contributed by atoms with Crippen LogP contribution in [0.3, 0.4) is 0 Å². The Hall–Kier alpha value is -1.39. The zero-order valence-electron chi connectivity index (χ0n) is 14.7. The van der Waals surface area contributed by atoms with Gasteiger partial charge in [0.15, 0.2) is 6.04 Å². The van der Waals surface area contributed by atoms with E-state index in [1.54, 1.807) is 0 Å². The van der Waals surface area contributed by atoms with Crippen LogP contribution in [0.5, 0.6) is 0 Å². The lowest BCUT2D eigenvalue weighted by molar-refractivity contribution is -0.943. The van der Waals surface area contributed by atoms with Crippen LogP contribution >= 0.6 is 0 Å². The molecule has 1 amide bonds. The first-order valence-corrected chi connectivity index (χ1v) is 8.41. The van der Waals surface area contributed by atoms with E-state index in [2.05, 4.69) is 52.3 Å². The molecule has 4 nitrogen and oxygen atoms in total. The monoisotopic (exact) mass is 305 g/mol. The number of rotatable bonds is 5. The Bertz CT molecular complexity index is 516. The number of likely N-dealkylation sites (tertiary alicyclic amines) is 1. The molecule has 0 bridgehead atoms. The van der Waals surface area contributed by atoms with Gasteiger partial charge in [0, 0.05) is 18.5 Å². The number of carbonyl (C=O) groups excluding carboxylic acids is 1. The van der Waals surface area contributed by atoms with Crippen molar-refractivity contribution in [3.63, 3.8) is 0 Å². The van der Waals surface area contributed by atoms with E-state index in [0.717, 1.165) is 49.3 Å². The molecule has 1 aliphatic heterocycles. The molecule has 0 aliphatic carbocycles. The maximum atomic E-state index is 12.7. The van der Waals surface area contributed by atoms with Crippen LogP contribution < -0.4 is 15.1 Å². The molecule has 1 aromatic rings. The van der Waals surface area contributed by atoms with E-state index in [9.17, 15) is 4.79 Å². The molecule has 0 aromatic heterocycles. The number of carbonyl (C=O) groups is 1. The zero-order valence-corrected chi connectivity index (χ0v) is 14.7. The lowest BCUT2D eigenvalue weighted by Crippen LogP contribution is -3.20. The predicted molar refractivity (Wildman–Crippen MR) is 90.7 cm³/mol. The maximum absolute atomic E-state index is 12.7.